The van der Waals surface area contributed by atoms with Crippen LogP contribution in [0.1, 0.15) is 12.5 Å². The van der Waals surface area contributed by atoms with E-state index in [-0.39, 0.29) is 11.7 Å². The Labute approximate surface area is 167 Å². The quantitative estimate of drug-likeness (QED) is 0.582. The molecule has 0 aliphatic carbocycles. The number of nitrogens with zero attached hydrogens (tertiary/aromatic N) is 4. The smallest absolute Gasteiger partial charge is 0.234 e. The van der Waals surface area contributed by atoms with Gasteiger partial charge in [0.2, 0.25) is 11.1 Å². The SMILES string of the molecule is CCc1ccccc1NC(=O)CSc1nnnn1-c1ccc(OC)cc1OC. The fraction of sp³-hybridized carbons (Fsp3) is 0.263. The number of rotatable bonds is 8. The predicted octanol–water partition coefficient (Wildman–Crippen LogP) is 2.97. The van der Waals surface area contributed by atoms with Gasteiger partial charge in [-0.3, -0.25) is 4.79 Å². The van der Waals surface area contributed by atoms with Crippen LogP contribution >= 0.6 is 11.8 Å². The van der Waals surface area contributed by atoms with Gasteiger partial charge in [-0.1, -0.05) is 36.9 Å². The fourth-order valence-corrected chi connectivity index (χ4v) is 3.33. The maximum absolute atomic E-state index is 12.4. The molecule has 0 spiro atoms. The minimum absolute atomic E-state index is 0.123. The first-order valence-electron chi connectivity index (χ1n) is 8.67. The van der Waals surface area contributed by atoms with Crippen molar-refractivity contribution in [2.24, 2.45) is 0 Å². The zero-order valence-corrected chi connectivity index (χ0v) is 16.7. The Morgan fingerprint density at radius 3 is 2.75 bits per heavy atom. The number of carbonyl (C=O) groups is 1. The van der Waals surface area contributed by atoms with Crippen LogP contribution in [0.2, 0.25) is 0 Å². The molecule has 0 saturated heterocycles. The van der Waals surface area contributed by atoms with Gasteiger partial charge in [0.15, 0.2) is 0 Å². The van der Waals surface area contributed by atoms with E-state index >= 15 is 0 Å². The summed E-state index contributed by atoms with van der Waals surface area (Å²) in [5.74, 6) is 1.28. The van der Waals surface area contributed by atoms with E-state index in [0.717, 1.165) is 17.7 Å². The Morgan fingerprint density at radius 1 is 1.18 bits per heavy atom. The molecule has 1 heterocycles. The largest absolute Gasteiger partial charge is 0.497 e. The lowest BCUT2D eigenvalue weighted by Gasteiger charge is -2.11. The Bertz CT molecular complexity index is 960. The van der Waals surface area contributed by atoms with Crippen molar-refractivity contribution in [2.45, 2.75) is 18.5 Å². The lowest BCUT2D eigenvalue weighted by Crippen LogP contribution is -2.15. The molecular formula is C19H21N5O3S. The van der Waals surface area contributed by atoms with Crippen molar-refractivity contribution in [2.75, 3.05) is 25.3 Å². The molecule has 0 unspecified atom stereocenters. The van der Waals surface area contributed by atoms with Crippen molar-refractivity contribution in [3.63, 3.8) is 0 Å². The number of carbonyl (C=O) groups excluding carboxylic acids is 1. The molecule has 2 aromatic carbocycles. The topological polar surface area (TPSA) is 91.2 Å². The van der Waals surface area contributed by atoms with Gasteiger partial charge in [-0.25, -0.2) is 0 Å². The number of nitrogens with one attached hydrogen (secondary N) is 1. The van der Waals surface area contributed by atoms with Gasteiger partial charge in [0.1, 0.15) is 17.2 Å². The van der Waals surface area contributed by atoms with Crippen LogP contribution < -0.4 is 14.8 Å². The van der Waals surface area contributed by atoms with Crippen LogP contribution in [0.3, 0.4) is 0 Å². The van der Waals surface area contributed by atoms with Crippen LogP contribution in [0.25, 0.3) is 5.69 Å². The maximum Gasteiger partial charge on any atom is 0.234 e. The molecule has 8 nitrogen and oxygen atoms in total. The Morgan fingerprint density at radius 2 is 2.00 bits per heavy atom. The standard InChI is InChI=1S/C19H21N5O3S/c1-4-13-7-5-6-8-15(13)20-18(25)12-28-19-21-22-23-24(19)16-10-9-14(26-2)11-17(16)27-3/h5-11H,4,12H2,1-3H3,(H,20,25). The zero-order valence-electron chi connectivity index (χ0n) is 15.9. The number of tetrazole rings is 1. The molecule has 0 aliphatic heterocycles. The number of hydrogen-bond donors (Lipinski definition) is 1. The molecule has 1 amide bonds. The molecule has 0 aliphatic rings. The molecule has 146 valence electrons. The van der Waals surface area contributed by atoms with Gasteiger partial charge >= 0.3 is 0 Å². The highest BCUT2D eigenvalue weighted by Gasteiger charge is 2.16. The van der Waals surface area contributed by atoms with Crippen molar-refractivity contribution < 1.29 is 14.3 Å². The van der Waals surface area contributed by atoms with Crippen molar-refractivity contribution in [3.05, 3.63) is 48.0 Å². The van der Waals surface area contributed by atoms with Crippen LogP contribution in [-0.2, 0) is 11.2 Å². The van der Waals surface area contributed by atoms with E-state index in [0.29, 0.717) is 22.3 Å². The lowest BCUT2D eigenvalue weighted by atomic mass is 10.1. The van der Waals surface area contributed by atoms with Crippen LogP contribution in [0.15, 0.2) is 47.6 Å². The van der Waals surface area contributed by atoms with Gasteiger partial charge in [0.05, 0.1) is 20.0 Å². The normalized spacial score (nSPS) is 10.5. The average molecular weight is 399 g/mol. The number of benzene rings is 2. The third kappa shape index (κ3) is 4.42. The van der Waals surface area contributed by atoms with Gasteiger partial charge in [0.25, 0.3) is 0 Å². The van der Waals surface area contributed by atoms with Crippen LogP contribution in [-0.4, -0.2) is 46.1 Å². The summed E-state index contributed by atoms with van der Waals surface area (Å²) in [4.78, 5) is 12.4. The first kappa shape index (κ1) is 19.7. The first-order valence-corrected chi connectivity index (χ1v) is 9.66. The molecule has 9 heteroatoms. The van der Waals surface area contributed by atoms with E-state index in [4.69, 9.17) is 9.47 Å². The highest BCUT2D eigenvalue weighted by molar-refractivity contribution is 7.99. The van der Waals surface area contributed by atoms with E-state index in [1.54, 1.807) is 32.4 Å². The number of hydrogen-bond acceptors (Lipinski definition) is 7. The molecule has 0 fully saturated rings. The summed E-state index contributed by atoms with van der Waals surface area (Å²) in [6.45, 7) is 2.05. The Hall–Kier alpha value is -3.07. The summed E-state index contributed by atoms with van der Waals surface area (Å²) >= 11 is 1.25. The molecule has 1 N–H and O–H groups in total. The molecule has 0 saturated carbocycles. The van der Waals surface area contributed by atoms with Crippen LogP contribution in [0.4, 0.5) is 5.69 Å². The number of para-hydroxylation sites is 1. The lowest BCUT2D eigenvalue weighted by molar-refractivity contribution is -0.113. The summed E-state index contributed by atoms with van der Waals surface area (Å²) in [5.41, 5.74) is 2.58. The number of amides is 1. The second-order valence-corrected chi connectivity index (χ2v) is 6.70. The summed E-state index contributed by atoms with van der Waals surface area (Å²) in [5, 5.41) is 15.2. The number of methoxy groups -OCH3 is 2. The summed E-state index contributed by atoms with van der Waals surface area (Å²) in [6.07, 6.45) is 0.846. The monoisotopic (exact) mass is 399 g/mol. The van der Waals surface area contributed by atoms with E-state index < -0.39 is 0 Å². The van der Waals surface area contributed by atoms with Gasteiger partial charge < -0.3 is 14.8 Å². The first-order chi connectivity index (χ1) is 13.7. The molecule has 0 atom stereocenters. The summed E-state index contributed by atoms with van der Waals surface area (Å²) in [6, 6.07) is 13.1. The number of ether oxygens (including phenoxy) is 2. The Balaban J connectivity index is 1.72. The van der Waals surface area contributed by atoms with Crippen LogP contribution in [0, 0.1) is 0 Å². The van der Waals surface area contributed by atoms with Crippen molar-refractivity contribution in [1.29, 1.82) is 0 Å². The third-order valence-electron chi connectivity index (χ3n) is 4.06. The number of aromatic nitrogens is 4. The molecular weight excluding hydrogens is 378 g/mol. The molecule has 0 bridgehead atoms. The third-order valence-corrected chi connectivity index (χ3v) is 4.98. The summed E-state index contributed by atoms with van der Waals surface area (Å²) in [7, 11) is 3.15. The van der Waals surface area contributed by atoms with Crippen LogP contribution in [0.5, 0.6) is 11.5 Å². The van der Waals surface area contributed by atoms with E-state index in [1.807, 2.05) is 24.3 Å². The van der Waals surface area contributed by atoms with Gasteiger partial charge in [-0.05, 0) is 40.6 Å². The molecule has 1 aromatic heterocycles. The Kier molecular flexibility index (Phi) is 6.49. The van der Waals surface area contributed by atoms with E-state index in [9.17, 15) is 4.79 Å². The van der Waals surface area contributed by atoms with Gasteiger partial charge in [-0.2, -0.15) is 4.68 Å². The van der Waals surface area contributed by atoms with E-state index in [1.165, 1.54) is 16.4 Å². The minimum atomic E-state index is -0.123. The highest BCUT2D eigenvalue weighted by Crippen LogP contribution is 2.29. The maximum atomic E-state index is 12.4. The van der Waals surface area contributed by atoms with Crippen molar-refractivity contribution in [3.8, 4) is 17.2 Å². The zero-order chi connectivity index (χ0) is 19.9. The second kappa shape index (κ2) is 9.23. The molecule has 3 rings (SSSR count). The minimum Gasteiger partial charge on any atom is -0.497 e. The fourth-order valence-electron chi connectivity index (χ4n) is 2.65. The van der Waals surface area contributed by atoms with E-state index in [2.05, 4.69) is 27.8 Å². The average Bonchev–Trinajstić information content (AvgIpc) is 3.20. The second-order valence-electron chi connectivity index (χ2n) is 5.76. The number of aryl methyl sites for hydroxylation is 1. The highest BCUT2D eigenvalue weighted by atomic mass is 32.2. The molecule has 3 aromatic rings. The molecule has 0 radical (unpaired) electrons. The van der Waals surface area contributed by atoms with Gasteiger partial charge in [-0.15, -0.1) is 5.10 Å². The van der Waals surface area contributed by atoms with Crippen molar-refractivity contribution in [1.82, 2.24) is 20.2 Å². The molecule has 28 heavy (non-hydrogen) atoms. The van der Waals surface area contributed by atoms with Gasteiger partial charge in [0, 0.05) is 11.8 Å². The predicted molar refractivity (Wildman–Crippen MR) is 107 cm³/mol. The summed E-state index contributed by atoms with van der Waals surface area (Å²) < 4.78 is 12.2. The number of thioether (sulfide) groups is 1. The number of anilines is 1. The van der Waals surface area contributed by atoms with Crippen molar-refractivity contribution >= 4 is 23.4 Å².